The Morgan fingerprint density at radius 3 is 2.38 bits per heavy atom. The maximum absolute atomic E-state index is 9.16. The van der Waals surface area contributed by atoms with E-state index in [1.807, 2.05) is 0 Å². The molecule has 1 unspecified atom stereocenters. The number of aliphatic hydroxyl groups excluding tert-OH is 1. The number of benzene rings is 2. The molecule has 24 heavy (non-hydrogen) atoms. The van der Waals surface area contributed by atoms with Crippen LogP contribution < -0.4 is 0 Å². The van der Waals surface area contributed by atoms with Crippen LogP contribution in [0.15, 0.2) is 60.2 Å². The van der Waals surface area contributed by atoms with Crippen LogP contribution in [0.25, 0.3) is 5.57 Å². The van der Waals surface area contributed by atoms with E-state index in [4.69, 9.17) is 5.11 Å². The average molecular weight is 319 g/mol. The molecule has 0 bridgehead atoms. The summed E-state index contributed by atoms with van der Waals surface area (Å²) in [4.78, 5) is 2.38. The Labute approximate surface area is 144 Å². The molecule has 0 radical (unpaired) electrons. The van der Waals surface area contributed by atoms with Crippen molar-refractivity contribution in [3.05, 3.63) is 76.9 Å². The Kier molecular flexibility index (Phi) is 4.50. The minimum Gasteiger partial charge on any atom is -0.395 e. The molecule has 0 saturated carbocycles. The van der Waals surface area contributed by atoms with Gasteiger partial charge in [0.25, 0.3) is 0 Å². The molecular formula is C22H25NO. The second-order valence-electron chi connectivity index (χ2n) is 6.91. The van der Waals surface area contributed by atoms with E-state index in [1.165, 1.54) is 16.7 Å². The molecule has 1 saturated heterocycles. The highest BCUT2D eigenvalue weighted by Gasteiger charge is 2.31. The lowest BCUT2D eigenvalue weighted by atomic mass is 9.85. The quantitative estimate of drug-likeness (QED) is 0.928. The monoisotopic (exact) mass is 319 g/mol. The summed E-state index contributed by atoms with van der Waals surface area (Å²) in [7, 11) is 0. The molecule has 1 N–H and O–H groups in total. The molecule has 1 aliphatic carbocycles. The Morgan fingerprint density at radius 1 is 0.917 bits per heavy atom. The SMILES string of the molecule is OCCN1CCC(=C2c3ccccc3CC2c2ccccc2)CC1. The summed E-state index contributed by atoms with van der Waals surface area (Å²) < 4.78 is 0. The number of piperidine rings is 1. The van der Waals surface area contributed by atoms with Gasteiger partial charge in [0.1, 0.15) is 0 Å². The van der Waals surface area contributed by atoms with Crippen molar-refractivity contribution >= 4 is 5.57 Å². The molecule has 2 aromatic rings. The van der Waals surface area contributed by atoms with E-state index in [2.05, 4.69) is 59.5 Å². The zero-order valence-electron chi connectivity index (χ0n) is 14.1. The van der Waals surface area contributed by atoms with Gasteiger partial charge in [-0.2, -0.15) is 0 Å². The lowest BCUT2D eigenvalue weighted by Crippen LogP contribution is -2.33. The minimum atomic E-state index is 0.265. The third kappa shape index (κ3) is 2.92. The van der Waals surface area contributed by atoms with Crippen LogP contribution in [0, 0.1) is 0 Å². The molecule has 2 aliphatic rings. The first-order valence-corrected chi connectivity index (χ1v) is 9.05. The summed E-state index contributed by atoms with van der Waals surface area (Å²) in [5.74, 6) is 0.503. The molecule has 2 nitrogen and oxygen atoms in total. The lowest BCUT2D eigenvalue weighted by Gasteiger charge is -2.30. The van der Waals surface area contributed by atoms with Crippen LogP contribution >= 0.6 is 0 Å². The van der Waals surface area contributed by atoms with Crippen LogP contribution in [0.3, 0.4) is 0 Å². The van der Waals surface area contributed by atoms with Crippen LogP contribution in [0.1, 0.15) is 35.4 Å². The van der Waals surface area contributed by atoms with Crippen molar-refractivity contribution in [3.8, 4) is 0 Å². The van der Waals surface area contributed by atoms with E-state index in [0.717, 1.165) is 38.9 Å². The summed E-state index contributed by atoms with van der Waals surface area (Å²) >= 11 is 0. The topological polar surface area (TPSA) is 23.5 Å². The van der Waals surface area contributed by atoms with Crippen molar-refractivity contribution in [1.29, 1.82) is 0 Å². The maximum Gasteiger partial charge on any atom is 0.0558 e. The molecule has 0 amide bonds. The van der Waals surface area contributed by atoms with Crippen LogP contribution in [0.4, 0.5) is 0 Å². The van der Waals surface area contributed by atoms with Crippen LogP contribution in [0.5, 0.6) is 0 Å². The van der Waals surface area contributed by atoms with E-state index in [0.29, 0.717) is 5.92 Å². The molecule has 0 spiro atoms. The minimum absolute atomic E-state index is 0.265. The van der Waals surface area contributed by atoms with Crippen molar-refractivity contribution in [2.24, 2.45) is 0 Å². The highest BCUT2D eigenvalue weighted by Crippen LogP contribution is 2.46. The summed E-state index contributed by atoms with van der Waals surface area (Å²) in [5, 5.41) is 9.16. The highest BCUT2D eigenvalue weighted by atomic mass is 16.3. The van der Waals surface area contributed by atoms with Gasteiger partial charge in [0.2, 0.25) is 0 Å². The normalized spacial score (nSPS) is 21.1. The Bertz CT molecular complexity index is 725. The van der Waals surface area contributed by atoms with Crippen molar-refractivity contribution in [2.75, 3.05) is 26.2 Å². The zero-order valence-corrected chi connectivity index (χ0v) is 14.1. The van der Waals surface area contributed by atoms with Gasteiger partial charge in [0, 0.05) is 25.6 Å². The van der Waals surface area contributed by atoms with Crippen molar-refractivity contribution in [1.82, 2.24) is 4.90 Å². The third-order valence-electron chi connectivity index (χ3n) is 5.54. The van der Waals surface area contributed by atoms with Gasteiger partial charge in [-0.25, -0.2) is 0 Å². The summed E-state index contributed by atoms with van der Waals surface area (Å²) in [6, 6.07) is 19.9. The smallest absolute Gasteiger partial charge is 0.0558 e. The first-order chi connectivity index (χ1) is 11.9. The van der Waals surface area contributed by atoms with Crippen molar-refractivity contribution < 1.29 is 5.11 Å². The van der Waals surface area contributed by atoms with E-state index in [9.17, 15) is 0 Å². The van der Waals surface area contributed by atoms with Crippen molar-refractivity contribution in [2.45, 2.75) is 25.2 Å². The fraction of sp³-hybridized carbons (Fsp3) is 0.364. The average Bonchev–Trinajstić information content (AvgIpc) is 3.03. The number of allylic oxidation sites excluding steroid dienone is 1. The van der Waals surface area contributed by atoms with Crippen LogP contribution in [0.2, 0.25) is 0 Å². The summed E-state index contributed by atoms with van der Waals surface area (Å²) in [5.41, 5.74) is 7.61. The predicted molar refractivity (Wildman–Crippen MR) is 99.0 cm³/mol. The summed E-state index contributed by atoms with van der Waals surface area (Å²) in [6.07, 6.45) is 3.39. The number of hydrogen-bond acceptors (Lipinski definition) is 2. The number of hydrogen-bond donors (Lipinski definition) is 1. The molecular weight excluding hydrogens is 294 g/mol. The predicted octanol–water partition coefficient (Wildman–Crippen LogP) is 3.87. The fourth-order valence-electron chi connectivity index (χ4n) is 4.33. The first kappa shape index (κ1) is 15.6. The number of fused-ring (bicyclic) bond motifs is 1. The number of rotatable bonds is 3. The fourth-order valence-corrected chi connectivity index (χ4v) is 4.33. The molecule has 1 aliphatic heterocycles. The lowest BCUT2D eigenvalue weighted by molar-refractivity contribution is 0.187. The first-order valence-electron chi connectivity index (χ1n) is 9.05. The molecule has 1 fully saturated rings. The van der Waals surface area contributed by atoms with Crippen LogP contribution in [-0.4, -0.2) is 36.2 Å². The number of aliphatic hydroxyl groups is 1. The molecule has 2 aromatic carbocycles. The third-order valence-corrected chi connectivity index (χ3v) is 5.54. The zero-order chi connectivity index (χ0) is 16.4. The number of likely N-dealkylation sites (tertiary alicyclic amines) is 1. The molecule has 1 heterocycles. The van der Waals surface area contributed by atoms with Gasteiger partial charge >= 0.3 is 0 Å². The Hall–Kier alpha value is -1.90. The summed E-state index contributed by atoms with van der Waals surface area (Å²) in [6.45, 7) is 3.22. The van der Waals surface area contributed by atoms with E-state index in [-0.39, 0.29) is 6.61 Å². The molecule has 0 aromatic heterocycles. The van der Waals surface area contributed by atoms with Gasteiger partial charge in [-0.15, -0.1) is 0 Å². The van der Waals surface area contributed by atoms with Gasteiger partial charge in [0.05, 0.1) is 6.61 Å². The van der Waals surface area contributed by atoms with Gasteiger partial charge in [-0.05, 0) is 41.5 Å². The number of β-amino-alcohol motifs (C(OH)–C–C–N with tert-alkyl or cyclic N) is 1. The molecule has 2 heteroatoms. The molecule has 124 valence electrons. The Morgan fingerprint density at radius 2 is 1.62 bits per heavy atom. The maximum atomic E-state index is 9.16. The van der Waals surface area contributed by atoms with Gasteiger partial charge < -0.3 is 10.0 Å². The van der Waals surface area contributed by atoms with Crippen molar-refractivity contribution in [3.63, 3.8) is 0 Å². The van der Waals surface area contributed by atoms with Gasteiger partial charge in [0.15, 0.2) is 0 Å². The second kappa shape index (κ2) is 6.92. The standard InChI is InChI=1S/C22H25NO/c24-15-14-23-12-10-18(11-13-23)22-20-9-5-4-8-19(20)16-21(22)17-6-2-1-3-7-17/h1-9,21,24H,10-16H2. The molecule has 1 atom stereocenters. The second-order valence-corrected chi connectivity index (χ2v) is 6.91. The highest BCUT2D eigenvalue weighted by molar-refractivity contribution is 5.80. The molecule has 4 rings (SSSR count). The van der Waals surface area contributed by atoms with E-state index in [1.54, 1.807) is 11.1 Å². The Balaban J connectivity index is 1.71. The van der Waals surface area contributed by atoms with Gasteiger partial charge in [-0.3, -0.25) is 0 Å². The van der Waals surface area contributed by atoms with Gasteiger partial charge in [-0.1, -0.05) is 60.2 Å². The largest absolute Gasteiger partial charge is 0.395 e. The van der Waals surface area contributed by atoms with E-state index < -0.39 is 0 Å². The van der Waals surface area contributed by atoms with E-state index >= 15 is 0 Å². The number of nitrogens with zero attached hydrogens (tertiary/aromatic N) is 1. The van der Waals surface area contributed by atoms with Crippen LogP contribution in [-0.2, 0) is 6.42 Å².